The van der Waals surface area contributed by atoms with Crippen LogP contribution in [0.4, 0.5) is 0 Å². The highest BCUT2D eigenvalue weighted by Gasteiger charge is 1.91. The fraction of sp³-hybridized carbons (Fsp3) is 0.200. The molecule has 0 saturated carbocycles. The van der Waals surface area contributed by atoms with Gasteiger partial charge in [-0.25, -0.2) is 4.98 Å². The SMILES string of the molecule is N[CH]Cc1ncco1. The van der Waals surface area contributed by atoms with E-state index in [2.05, 4.69) is 4.98 Å². The molecule has 1 radical (unpaired) electrons. The van der Waals surface area contributed by atoms with Crippen LogP contribution in [0.5, 0.6) is 0 Å². The summed E-state index contributed by atoms with van der Waals surface area (Å²) in [5, 5.41) is 0. The molecule has 1 rings (SSSR count). The van der Waals surface area contributed by atoms with Gasteiger partial charge < -0.3 is 10.2 Å². The summed E-state index contributed by atoms with van der Waals surface area (Å²) in [7, 11) is 0. The van der Waals surface area contributed by atoms with Crippen molar-refractivity contribution in [3.63, 3.8) is 0 Å². The van der Waals surface area contributed by atoms with Crippen LogP contribution in [-0.2, 0) is 6.42 Å². The molecule has 0 amide bonds. The molecule has 0 unspecified atom stereocenters. The summed E-state index contributed by atoms with van der Waals surface area (Å²) in [5.74, 6) is 0.660. The van der Waals surface area contributed by atoms with E-state index >= 15 is 0 Å². The molecular weight excluding hydrogens is 104 g/mol. The van der Waals surface area contributed by atoms with E-state index in [-0.39, 0.29) is 0 Å². The monoisotopic (exact) mass is 111 g/mol. The summed E-state index contributed by atoms with van der Waals surface area (Å²) in [6.07, 6.45) is 3.73. The smallest absolute Gasteiger partial charge is 0.195 e. The molecule has 1 aromatic heterocycles. The third-order valence-electron chi connectivity index (χ3n) is 0.776. The Labute approximate surface area is 47.5 Å². The second-order valence-electron chi connectivity index (χ2n) is 1.37. The van der Waals surface area contributed by atoms with Gasteiger partial charge in [0.1, 0.15) is 6.26 Å². The number of nitrogens with two attached hydrogens (primary N) is 1. The maximum Gasteiger partial charge on any atom is 0.195 e. The summed E-state index contributed by atoms with van der Waals surface area (Å²) >= 11 is 0. The van der Waals surface area contributed by atoms with Crippen molar-refractivity contribution in [3.8, 4) is 0 Å². The molecule has 0 aliphatic carbocycles. The van der Waals surface area contributed by atoms with E-state index in [1.807, 2.05) is 0 Å². The first-order chi connectivity index (χ1) is 3.93. The van der Waals surface area contributed by atoms with Crippen molar-refractivity contribution < 1.29 is 4.42 Å². The predicted octanol–water partition coefficient (Wildman–Crippen LogP) is 0.338. The maximum atomic E-state index is 5.09. The zero-order chi connectivity index (χ0) is 5.82. The summed E-state index contributed by atoms with van der Waals surface area (Å²) in [5.41, 5.74) is 5.09. The van der Waals surface area contributed by atoms with E-state index in [4.69, 9.17) is 10.2 Å². The van der Waals surface area contributed by atoms with E-state index in [1.165, 1.54) is 12.8 Å². The Kier molecular flexibility index (Phi) is 1.64. The summed E-state index contributed by atoms with van der Waals surface area (Å²) < 4.78 is 4.85. The first-order valence-electron chi connectivity index (χ1n) is 2.35. The second-order valence-corrected chi connectivity index (χ2v) is 1.37. The lowest BCUT2D eigenvalue weighted by Gasteiger charge is -1.83. The molecule has 43 valence electrons. The molecular formula is C5H7N2O. The molecule has 0 aliphatic rings. The van der Waals surface area contributed by atoms with Gasteiger partial charge in [-0.1, -0.05) is 0 Å². The highest BCUT2D eigenvalue weighted by molar-refractivity contribution is 4.83. The van der Waals surface area contributed by atoms with Crippen LogP contribution in [0.1, 0.15) is 5.89 Å². The quantitative estimate of drug-likeness (QED) is 0.598. The molecule has 0 aromatic carbocycles. The van der Waals surface area contributed by atoms with E-state index in [9.17, 15) is 0 Å². The highest BCUT2D eigenvalue weighted by atomic mass is 16.3. The molecule has 8 heavy (non-hydrogen) atoms. The minimum Gasteiger partial charge on any atom is -0.449 e. The van der Waals surface area contributed by atoms with Crippen LogP contribution in [0, 0.1) is 6.54 Å². The van der Waals surface area contributed by atoms with Crippen molar-refractivity contribution in [2.75, 3.05) is 0 Å². The Hall–Kier alpha value is -0.830. The van der Waals surface area contributed by atoms with Gasteiger partial charge in [-0.2, -0.15) is 0 Å². The molecule has 1 heterocycles. The van der Waals surface area contributed by atoms with Crippen LogP contribution in [0.2, 0.25) is 0 Å². The zero-order valence-electron chi connectivity index (χ0n) is 4.37. The van der Waals surface area contributed by atoms with Gasteiger partial charge >= 0.3 is 0 Å². The lowest BCUT2D eigenvalue weighted by Crippen LogP contribution is -1.94. The molecule has 0 spiro atoms. The first kappa shape index (κ1) is 5.31. The Morgan fingerprint density at radius 1 is 1.88 bits per heavy atom. The highest BCUT2D eigenvalue weighted by Crippen LogP contribution is 1.93. The molecule has 0 bridgehead atoms. The largest absolute Gasteiger partial charge is 0.449 e. The Morgan fingerprint density at radius 2 is 2.75 bits per heavy atom. The fourth-order valence-electron chi connectivity index (χ4n) is 0.455. The van der Waals surface area contributed by atoms with Crippen LogP contribution in [0.3, 0.4) is 0 Å². The number of hydrogen-bond acceptors (Lipinski definition) is 3. The Bertz CT molecular complexity index is 136. The van der Waals surface area contributed by atoms with E-state index in [0.717, 1.165) is 0 Å². The van der Waals surface area contributed by atoms with Gasteiger partial charge in [-0.15, -0.1) is 0 Å². The molecule has 1 aromatic rings. The van der Waals surface area contributed by atoms with Gasteiger partial charge in [-0.3, -0.25) is 0 Å². The molecule has 3 heteroatoms. The maximum absolute atomic E-state index is 5.09. The van der Waals surface area contributed by atoms with Crippen molar-refractivity contribution in [2.45, 2.75) is 6.42 Å². The topological polar surface area (TPSA) is 52.0 Å². The van der Waals surface area contributed by atoms with Gasteiger partial charge in [0.25, 0.3) is 0 Å². The standard InChI is InChI=1S/C5H7N2O/c6-2-1-5-7-3-4-8-5/h2-4H,1,6H2. The van der Waals surface area contributed by atoms with Gasteiger partial charge in [0.2, 0.25) is 0 Å². The Balaban J connectivity index is 2.50. The molecule has 0 fully saturated rings. The van der Waals surface area contributed by atoms with Gasteiger partial charge in [0.05, 0.1) is 6.20 Å². The normalized spacial score (nSPS) is 9.62. The first-order valence-corrected chi connectivity index (χ1v) is 2.35. The molecule has 2 N–H and O–H groups in total. The van der Waals surface area contributed by atoms with Gasteiger partial charge in [-0.05, 0) is 0 Å². The van der Waals surface area contributed by atoms with Crippen LogP contribution >= 0.6 is 0 Å². The number of rotatable bonds is 2. The van der Waals surface area contributed by atoms with Crippen molar-refractivity contribution in [3.05, 3.63) is 24.9 Å². The van der Waals surface area contributed by atoms with E-state index in [0.29, 0.717) is 12.3 Å². The third-order valence-corrected chi connectivity index (χ3v) is 0.776. The second kappa shape index (κ2) is 2.47. The van der Waals surface area contributed by atoms with E-state index in [1.54, 1.807) is 6.20 Å². The average Bonchev–Trinajstić information content (AvgIpc) is 2.19. The van der Waals surface area contributed by atoms with Crippen molar-refractivity contribution in [2.24, 2.45) is 5.73 Å². The molecule has 0 aliphatic heterocycles. The minimum atomic E-state index is 0.604. The van der Waals surface area contributed by atoms with Crippen LogP contribution in [0.15, 0.2) is 16.9 Å². The Morgan fingerprint density at radius 3 is 3.25 bits per heavy atom. The third kappa shape index (κ3) is 1.07. The number of aromatic nitrogens is 1. The van der Waals surface area contributed by atoms with Crippen molar-refractivity contribution in [1.82, 2.24) is 4.98 Å². The van der Waals surface area contributed by atoms with E-state index < -0.39 is 0 Å². The summed E-state index contributed by atoms with van der Waals surface area (Å²) in [6.45, 7) is 1.51. The number of nitrogens with zero attached hydrogens (tertiary/aromatic N) is 1. The average molecular weight is 111 g/mol. The van der Waals surface area contributed by atoms with Gasteiger partial charge in [0, 0.05) is 13.0 Å². The zero-order valence-corrected chi connectivity index (χ0v) is 4.37. The lowest BCUT2D eigenvalue weighted by atomic mass is 10.4. The predicted molar refractivity (Wildman–Crippen MR) is 28.7 cm³/mol. The fourth-order valence-corrected chi connectivity index (χ4v) is 0.455. The number of hydrogen-bond donors (Lipinski definition) is 1. The van der Waals surface area contributed by atoms with Gasteiger partial charge in [0.15, 0.2) is 5.89 Å². The lowest BCUT2D eigenvalue weighted by molar-refractivity contribution is 0.504. The number of oxazole rings is 1. The minimum absolute atomic E-state index is 0.604. The van der Waals surface area contributed by atoms with Crippen molar-refractivity contribution >= 4 is 0 Å². The van der Waals surface area contributed by atoms with Crippen LogP contribution in [-0.4, -0.2) is 4.98 Å². The van der Waals surface area contributed by atoms with Crippen molar-refractivity contribution in [1.29, 1.82) is 0 Å². The summed E-state index contributed by atoms with van der Waals surface area (Å²) in [4.78, 5) is 3.83. The van der Waals surface area contributed by atoms with Crippen LogP contribution < -0.4 is 5.73 Å². The molecule has 0 atom stereocenters. The van der Waals surface area contributed by atoms with Crippen LogP contribution in [0.25, 0.3) is 0 Å². The molecule has 0 saturated heterocycles. The summed E-state index contributed by atoms with van der Waals surface area (Å²) in [6, 6.07) is 0. The molecule has 3 nitrogen and oxygen atoms in total.